The molecule has 1 nitrogen and oxygen atoms in total. The molecule has 1 heterocycles. The smallest absolute Gasteiger partial charge is 0.105 e. The van der Waals surface area contributed by atoms with E-state index in [-0.39, 0.29) is 5.60 Å². The molecule has 1 heteroatoms. The molecule has 2 aliphatic rings. The monoisotopic (exact) mass is 228 g/mol. The minimum atomic E-state index is 0.255. The first-order valence-electron chi connectivity index (χ1n) is 6.77. The SMILES string of the molecule is C(=C\C1OC12CCCCC2)/Cc1ccccc1. The lowest BCUT2D eigenvalue weighted by atomic mass is 9.86. The van der Waals surface area contributed by atoms with Crippen molar-refractivity contribution in [1.29, 1.82) is 0 Å². The Labute approximate surface area is 103 Å². The Morgan fingerprint density at radius 2 is 1.88 bits per heavy atom. The fourth-order valence-electron chi connectivity index (χ4n) is 2.93. The van der Waals surface area contributed by atoms with Gasteiger partial charge in [0, 0.05) is 0 Å². The molecular weight excluding hydrogens is 208 g/mol. The molecule has 3 rings (SSSR count). The Morgan fingerprint density at radius 3 is 2.65 bits per heavy atom. The first-order chi connectivity index (χ1) is 8.39. The van der Waals surface area contributed by atoms with Crippen LogP contribution in [0.4, 0.5) is 0 Å². The minimum absolute atomic E-state index is 0.255. The molecule has 1 aromatic rings. The van der Waals surface area contributed by atoms with Gasteiger partial charge in [0.1, 0.15) is 6.10 Å². The number of allylic oxidation sites excluding steroid dienone is 1. The lowest BCUT2D eigenvalue weighted by Crippen LogP contribution is -2.18. The number of epoxide rings is 1. The van der Waals surface area contributed by atoms with Crippen molar-refractivity contribution in [3.8, 4) is 0 Å². The van der Waals surface area contributed by atoms with E-state index >= 15 is 0 Å². The number of rotatable bonds is 3. The third kappa shape index (κ3) is 2.44. The predicted octanol–water partition coefficient (Wildman–Crippen LogP) is 3.89. The Kier molecular flexibility index (Phi) is 3.02. The lowest BCUT2D eigenvalue weighted by Gasteiger charge is -2.17. The van der Waals surface area contributed by atoms with Crippen LogP contribution in [0.2, 0.25) is 0 Å². The van der Waals surface area contributed by atoms with E-state index in [1.807, 2.05) is 0 Å². The molecule has 1 spiro atoms. The molecule has 0 amide bonds. The highest BCUT2D eigenvalue weighted by atomic mass is 16.6. The average Bonchev–Trinajstić information content (AvgIpc) is 3.04. The molecule has 2 fully saturated rings. The first-order valence-corrected chi connectivity index (χ1v) is 6.77. The van der Waals surface area contributed by atoms with Crippen molar-refractivity contribution in [2.75, 3.05) is 0 Å². The summed E-state index contributed by atoms with van der Waals surface area (Å²) in [6.45, 7) is 0. The largest absolute Gasteiger partial charge is 0.362 e. The summed E-state index contributed by atoms with van der Waals surface area (Å²) in [7, 11) is 0. The van der Waals surface area contributed by atoms with Gasteiger partial charge in [0.05, 0.1) is 5.60 Å². The molecule has 17 heavy (non-hydrogen) atoms. The molecular formula is C16H20O. The van der Waals surface area contributed by atoms with E-state index in [1.165, 1.54) is 37.7 Å². The van der Waals surface area contributed by atoms with Crippen LogP contribution >= 0.6 is 0 Å². The molecule has 0 bridgehead atoms. The molecule has 90 valence electrons. The van der Waals surface area contributed by atoms with Gasteiger partial charge in [0.2, 0.25) is 0 Å². The van der Waals surface area contributed by atoms with Crippen LogP contribution < -0.4 is 0 Å². The zero-order valence-corrected chi connectivity index (χ0v) is 10.3. The van der Waals surface area contributed by atoms with E-state index in [9.17, 15) is 0 Å². The third-order valence-corrected chi connectivity index (χ3v) is 4.03. The van der Waals surface area contributed by atoms with E-state index in [0.717, 1.165) is 6.42 Å². The van der Waals surface area contributed by atoms with Crippen LogP contribution in [0.25, 0.3) is 0 Å². The van der Waals surface area contributed by atoms with Crippen LogP contribution in [-0.4, -0.2) is 11.7 Å². The molecule has 0 aromatic heterocycles. The van der Waals surface area contributed by atoms with Gasteiger partial charge < -0.3 is 4.74 Å². The van der Waals surface area contributed by atoms with Crippen molar-refractivity contribution in [1.82, 2.24) is 0 Å². The van der Waals surface area contributed by atoms with Crippen molar-refractivity contribution in [2.24, 2.45) is 0 Å². The maximum atomic E-state index is 5.90. The summed E-state index contributed by atoms with van der Waals surface area (Å²) in [6.07, 6.45) is 12.6. The highest BCUT2D eigenvalue weighted by molar-refractivity contribution is 5.20. The standard InChI is InChI=1S/C16H20O/c1-3-8-14(9-4-1)10-7-11-15-16(17-15)12-5-2-6-13-16/h1,3-4,7-9,11,15H,2,5-6,10,12-13H2/b11-7+. The fourth-order valence-corrected chi connectivity index (χ4v) is 2.93. The topological polar surface area (TPSA) is 12.5 Å². The number of benzene rings is 1. The van der Waals surface area contributed by atoms with Crippen molar-refractivity contribution < 1.29 is 4.74 Å². The summed E-state index contributed by atoms with van der Waals surface area (Å²) in [4.78, 5) is 0. The zero-order valence-electron chi connectivity index (χ0n) is 10.3. The summed E-state index contributed by atoms with van der Waals surface area (Å²) in [5.74, 6) is 0. The minimum Gasteiger partial charge on any atom is -0.362 e. The van der Waals surface area contributed by atoms with E-state index in [1.54, 1.807) is 0 Å². The highest BCUT2D eigenvalue weighted by Crippen LogP contribution is 2.48. The molecule has 0 N–H and O–H groups in total. The zero-order chi connectivity index (χ0) is 11.6. The lowest BCUT2D eigenvalue weighted by molar-refractivity contribution is 0.235. The second-order valence-electron chi connectivity index (χ2n) is 5.28. The van der Waals surface area contributed by atoms with Crippen molar-refractivity contribution >= 4 is 0 Å². The van der Waals surface area contributed by atoms with Crippen LogP contribution in [0.15, 0.2) is 42.5 Å². The maximum absolute atomic E-state index is 5.90. The van der Waals surface area contributed by atoms with Crippen LogP contribution in [0.5, 0.6) is 0 Å². The van der Waals surface area contributed by atoms with Gasteiger partial charge in [-0.05, 0) is 24.8 Å². The maximum Gasteiger partial charge on any atom is 0.105 e. The molecule has 1 atom stereocenters. The molecule has 1 unspecified atom stereocenters. The van der Waals surface area contributed by atoms with Gasteiger partial charge in [-0.15, -0.1) is 0 Å². The molecule has 1 saturated carbocycles. The summed E-state index contributed by atoms with van der Waals surface area (Å²) in [5, 5.41) is 0. The van der Waals surface area contributed by atoms with Crippen LogP contribution in [0, 0.1) is 0 Å². The van der Waals surface area contributed by atoms with Gasteiger partial charge in [-0.25, -0.2) is 0 Å². The molecule has 0 radical (unpaired) electrons. The predicted molar refractivity (Wildman–Crippen MR) is 70.0 cm³/mol. The van der Waals surface area contributed by atoms with Gasteiger partial charge in [-0.2, -0.15) is 0 Å². The summed E-state index contributed by atoms with van der Waals surface area (Å²) < 4.78 is 5.90. The second-order valence-corrected chi connectivity index (χ2v) is 5.28. The highest BCUT2D eigenvalue weighted by Gasteiger charge is 2.54. The first kappa shape index (κ1) is 11.0. The Morgan fingerprint density at radius 1 is 1.12 bits per heavy atom. The van der Waals surface area contributed by atoms with Crippen molar-refractivity contribution in [2.45, 2.75) is 50.2 Å². The average molecular weight is 228 g/mol. The van der Waals surface area contributed by atoms with Gasteiger partial charge in [0.15, 0.2) is 0 Å². The van der Waals surface area contributed by atoms with Crippen LogP contribution in [0.1, 0.15) is 37.7 Å². The molecule has 1 aliphatic heterocycles. The van der Waals surface area contributed by atoms with Gasteiger partial charge in [-0.3, -0.25) is 0 Å². The van der Waals surface area contributed by atoms with Gasteiger partial charge in [0.25, 0.3) is 0 Å². The Bertz CT molecular complexity index is 387. The van der Waals surface area contributed by atoms with Crippen molar-refractivity contribution in [3.63, 3.8) is 0 Å². The Balaban J connectivity index is 1.52. The fraction of sp³-hybridized carbons (Fsp3) is 0.500. The second kappa shape index (κ2) is 4.66. The molecule has 1 aromatic carbocycles. The molecule has 1 saturated heterocycles. The van der Waals surface area contributed by atoms with Gasteiger partial charge in [-0.1, -0.05) is 61.7 Å². The van der Waals surface area contributed by atoms with Gasteiger partial charge >= 0.3 is 0 Å². The quantitative estimate of drug-likeness (QED) is 0.565. The normalized spacial score (nSPS) is 26.5. The van der Waals surface area contributed by atoms with E-state index in [2.05, 4.69) is 42.5 Å². The number of hydrogen-bond donors (Lipinski definition) is 0. The van der Waals surface area contributed by atoms with E-state index < -0.39 is 0 Å². The van der Waals surface area contributed by atoms with Crippen LogP contribution in [0.3, 0.4) is 0 Å². The Hall–Kier alpha value is -1.08. The van der Waals surface area contributed by atoms with E-state index in [4.69, 9.17) is 4.74 Å². The summed E-state index contributed by atoms with van der Waals surface area (Å²) in [6, 6.07) is 10.6. The van der Waals surface area contributed by atoms with Crippen molar-refractivity contribution in [3.05, 3.63) is 48.0 Å². The van der Waals surface area contributed by atoms with Crippen LogP contribution in [-0.2, 0) is 11.2 Å². The molecule has 1 aliphatic carbocycles. The van der Waals surface area contributed by atoms with E-state index in [0.29, 0.717) is 6.10 Å². The summed E-state index contributed by atoms with van der Waals surface area (Å²) >= 11 is 0. The summed E-state index contributed by atoms with van der Waals surface area (Å²) in [5.41, 5.74) is 1.63. The number of ether oxygens (including phenoxy) is 1. The number of hydrogen-bond acceptors (Lipinski definition) is 1. The third-order valence-electron chi connectivity index (χ3n) is 4.03.